The first-order chi connectivity index (χ1) is 10.1. The number of aromatic nitrogens is 2. The number of halogens is 1. The minimum atomic E-state index is 0.533. The van der Waals surface area contributed by atoms with Gasteiger partial charge in [0.1, 0.15) is 0 Å². The second kappa shape index (κ2) is 7.24. The summed E-state index contributed by atoms with van der Waals surface area (Å²) in [6.45, 7) is 6.95. The molecule has 0 spiro atoms. The number of thiocarbonyl (C=S) groups is 1. The molecule has 0 aliphatic carbocycles. The smallest absolute Gasteiger partial charge is 0.172 e. The molecule has 21 heavy (non-hydrogen) atoms. The first-order valence-corrected chi connectivity index (χ1v) is 7.32. The average molecular weight is 321 g/mol. The second-order valence-corrected chi connectivity index (χ2v) is 5.42. The predicted octanol–water partition coefficient (Wildman–Crippen LogP) is 3.37. The van der Waals surface area contributed by atoms with Gasteiger partial charge in [-0.3, -0.25) is 4.68 Å². The van der Waals surface area contributed by atoms with Crippen molar-refractivity contribution >= 4 is 34.7 Å². The van der Waals surface area contributed by atoms with Crippen LogP contribution in [0, 0.1) is 6.92 Å². The molecule has 2 N–H and O–H groups in total. The Labute approximate surface area is 134 Å². The number of aryl methyl sites for hydroxylation is 1. The fourth-order valence-corrected chi connectivity index (χ4v) is 2.13. The van der Waals surface area contributed by atoms with E-state index in [0.29, 0.717) is 18.2 Å². The van der Waals surface area contributed by atoms with E-state index in [1.165, 1.54) is 0 Å². The van der Waals surface area contributed by atoms with E-state index in [-0.39, 0.29) is 0 Å². The molecule has 0 saturated heterocycles. The van der Waals surface area contributed by atoms with Crippen LogP contribution in [0.2, 0.25) is 5.02 Å². The lowest BCUT2D eigenvalue weighted by atomic mass is 10.2. The van der Waals surface area contributed by atoms with Crippen molar-refractivity contribution in [3.05, 3.63) is 59.3 Å². The largest absolute Gasteiger partial charge is 0.359 e. The van der Waals surface area contributed by atoms with Gasteiger partial charge < -0.3 is 10.6 Å². The highest BCUT2D eigenvalue weighted by Gasteiger charge is 2.06. The molecule has 0 fully saturated rings. The molecule has 0 aliphatic rings. The van der Waals surface area contributed by atoms with Crippen molar-refractivity contribution in [1.82, 2.24) is 15.1 Å². The Hall–Kier alpha value is -1.85. The number of hydrogen-bond acceptors (Lipinski definition) is 2. The lowest BCUT2D eigenvalue weighted by molar-refractivity contribution is 0.668. The molecule has 1 aromatic carbocycles. The Morgan fingerprint density at radius 3 is 2.81 bits per heavy atom. The Morgan fingerprint density at radius 1 is 1.43 bits per heavy atom. The van der Waals surface area contributed by atoms with Gasteiger partial charge in [0.2, 0.25) is 0 Å². The van der Waals surface area contributed by atoms with Gasteiger partial charge in [-0.1, -0.05) is 29.8 Å². The molecular weight excluding hydrogens is 304 g/mol. The summed E-state index contributed by atoms with van der Waals surface area (Å²) in [5.41, 5.74) is 2.20. The van der Waals surface area contributed by atoms with Crippen LogP contribution < -0.4 is 10.6 Å². The molecule has 0 aliphatic heterocycles. The zero-order valence-electron chi connectivity index (χ0n) is 11.8. The summed E-state index contributed by atoms with van der Waals surface area (Å²) >= 11 is 11.1. The maximum absolute atomic E-state index is 5.89. The summed E-state index contributed by atoms with van der Waals surface area (Å²) < 4.78 is 1.92. The van der Waals surface area contributed by atoms with Gasteiger partial charge in [-0.2, -0.15) is 5.10 Å². The normalized spacial score (nSPS) is 10.2. The summed E-state index contributed by atoms with van der Waals surface area (Å²) in [4.78, 5) is 0. The van der Waals surface area contributed by atoms with Gasteiger partial charge in [0.25, 0.3) is 0 Å². The van der Waals surface area contributed by atoms with Crippen LogP contribution in [-0.2, 0) is 6.54 Å². The van der Waals surface area contributed by atoms with E-state index >= 15 is 0 Å². The molecule has 2 aromatic rings. The number of nitrogens with one attached hydrogen (secondary N) is 2. The van der Waals surface area contributed by atoms with Crippen molar-refractivity contribution in [2.45, 2.75) is 13.5 Å². The van der Waals surface area contributed by atoms with E-state index in [2.05, 4.69) is 22.3 Å². The quantitative estimate of drug-likeness (QED) is 0.655. The average Bonchev–Trinajstić information content (AvgIpc) is 2.79. The minimum absolute atomic E-state index is 0.533. The zero-order chi connectivity index (χ0) is 15.2. The van der Waals surface area contributed by atoms with Gasteiger partial charge in [0.05, 0.1) is 6.54 Å². The number of nitrogens with zero attached hydrogens (tertiary/aromatic N) is 2. The molecule has 0 bridgehead atoms. The van der Waals surface area contributed by atoms with Crippen LogP contribution in [0.5, 0.6) is 0 Å². The molecule has 0 radical (unpaired) electrons. The highest BCUT2D eigenvalue weighted by atomic mass is 35.5. The van der Waals surface area contributed by atoms with Crippen molar-refractivity contribution in [3.8, 4) is 0 Å². The standard InChI is InChI=1S/C15H17ClN4S/c1-3-8-17-15(21)18-14-9-11(2)20(19-14)10-12-4-6-13(16)7-5-12/h3-7,9H,1,8,10H2,2H3,(H2,17,18,19,21). The number of rotatable bonds is 5. The molecule has 110 valence electrons. The van der Waals surface area contributed by atoms with E-state index in [4.69, 9.17) is 23.8 Å². The summed E-state index contributed by atoms with van der Waals surface area (Å²) in [5, 5.41) is 11.8. The zero-order valence-corrected chi connectivity index (χ0v) is 13.3. The summed E-state index contributed by atoms with van der Waals surface area (Å²) in [7, 11) is 0. The highest BCUT2D eigenvalue weighted by Crippen LogP contribution is 2.13. The maximum atomic E-state index is 5.89. The first kappa shape index (κ1) is 15.5. The molecule has 1 aromatic heterocycles. The van der Waals surface area contributed by atoms with Gasteiger partial charge in [0, 0.05) is 23.3 Å². The molecular formula is C15H17ClN4S. The molecule has 0 amide bonds. The highest BCUT2D eigenvalue weighted by molar-refractivity contribution is 7.80. The van der Waals surface area contributed by atoms with Gasteiger partial charge in [-0.25, -0.2) is 0 Å². The number of anilines is 1. The second-order valence-electron chi connectivity index (χ2n) is 4.58. The van der Waals surface area contributed by atoms with Crippen LogP contribution in [0.15, 0.2) is 43.0 Å². The topological polar surface area (TPSA) is 41.9 Å². The first-order valence-electron chi connectivity index (χ1n) is 6.53. The monoisotopic (exact) mass is 320 g/mol. The van der Waals surface area contributed by atoms with Gasteiger partial charge in [0.15, 0.2) is 10.9 Å². The molecule has 4 nitrogen and oxygen atoms in total. The molecule has 0 unspecified atom stereocenters. The van der Waals surface area contributed by atoms with Crippen molar-refractivity contribution in [2.75, 3.05) is 11.9 Å². The van der Waals surface area contributed by atoms with Gasteiger partial charge in [-0.05, 0) is 36.8 Å². The van der Waals surface area contributed by atoms with Crippen LogP contribution in [-0.4, -0.2) is 21.4 Å². The van der Waals surface area contributed by atoms with E-state index < -0.39 is 0 Å². The maximum Gasteiger partial charge on any atom is 0.172 e. The summed E-state index contributed by atoms with van der Waals surface area (Å²) in [5.74, 6) is 0.725. The Morgan fingerprint density at radius 2 is 2.14 bits per heavy atom. The fourth-order valence-electron chi connectivity index (χ4n) is 1.82. The van der Waals surface area contributed by atoms with Crippen LogP contribution in [0.25, 0.3) is 0 Å². The molecule has 6 heteroatoms. The Kier molecular flexibility index (Phi) is 5.36. The Bertz CT molecular complexity index is 634. The third kappa shape index (κ3) is 4.58. The molecule has 2 rings (SSSR count). The van der Waals surface area contributed by atoms with E-state index in [9.17, 15) is 0 Å². The lowest BCUT2D eigenvalue weighted by Gasteiger charge is -2.06. The van der Waals surface area contributed by atoms with Crippen LogP contribution >= 0.6 is 23.8 Å². The number of benzene rings is 1. The van der Waals surface area contributed by atoms with Gasteiger partial charge >= 0.3 is 0 Å². The summed E-state index contributed by atoms with van der Waals surface area (Å²) in [6.07, 6.45) is 1.75. The van der Waals surface area contributed by atoms with Crippen LogP contribution in [0.4, 0.5) is 5.82 Å². The van der Waals surface area contributed by atoms with E-state index in [1.807, 2.05) is 41.9 Å². The van der Waals surface area contributed by atoms with Crippen molar-refractivity contribution in [1.29, 1.82) is 0 Å². The third-order valence-corrected chi connectivity index (χ3v) is 3.37. The summed E-state index contributed by atoms with van der Waals surface area (Å²) in [6, 6.07) is 9.70. The fraction of sp³-hybridized carbons (Fsp3) is 0.200. The van der Waals surface area contributed by atoms with Gasteiger partial charge in [-0.15, -0.1) is 6.58 Å². The van der Waals surface area contributed by atoms with Crippen LogP contribution in [0.3, 0.4) is 0 Å². The van der Waals surface area contributed by atoms with Crippen LogP contribution in [0.1, 0.15) is 11.3 Å². The number of hydrogen-bond donors (Lipinski definition) is 2. The third-order valence-electron chi connectivity index (χ3n) is 2.88. The van der Waals surface area contributed by atoms with Crippen molar-refractivity contribution < 1.29 is 0 Å². The molecule has 0 saturated carbocycles. The minimum Gasteiger partial charge on any atom is -0.359 e. The van der Waals surface area contributed by atoms with E-state index in [0.717, 1.165) is 22.1 Å². The predicted molar refractivity (Wildman–Crippen MR) is 91.9 cm³/mol. The van der Waals surface area contributed by atoms with Crippen molar-refractivity contribution in [3.63, 3.8) is 0 Å². The van der Waals surface area contributed by atoms with E-state index in [1.54, 1.807) is 6.08 Å². The molecule has 0 atom stereocenters. The molecule has 1 heterocycles. The van der Waals surface area contributed by atoms with Crippen molar-refractivity contribution in [2.24, 2.45) is 0 Å². The lowest BCUT2D eigenvalue weighted by Crippen LogP contribution is -2.28. The Balaban J connectivity index is 2.03. The SMILES string of the molecule is C=CCNC(=S)Nc1cc(C)n(Cc2ccc(Cl)cc2)n1.